The normalized spacial score (nSPS) is 19.5. The van der Waals surface area contributed by atoms with E-state index in [1.807, 2.05) is 78.9 Å². The van der Waals surface area contributed by atoms with Crippen molar-refractivity contribution in [2.75, 3.05) is 11.9 Å². The molecule has 0 aliphatic carbocycles. The topological polar surface area (TPSA) is 141 Å². The molecule has 0 spiro atoms. The number of hydrogen-bond donors (Lipinski definition) is 3. The van der Waals surface area contributed by atoms with Gasteiger partial charge in [0.05, 0.1) is 12.7 Å². The molecule has 244 valence electrons. The highest BCUT2D eigenvalue weighted by atomic mass is 32.5. The molecule has 5 aromatic rings. The molecule has 1 saturated heterocycles. The summed E-state index contributed by atoms with van der Waals surface area (Å²) in [7, 11) is 0. The van der Waals surface area contributed by atoms with Crippen LogP contribution in [0.1, 0.15) is 39.7 Å². The Kier molecular flexibility index (Phi) is 8.80. The Labute approximate surface area is 280 Å². The average Bonchev–Trinajstić information content (AvgIpc) is 3.48. The molecule has 11 nitrogen and oxygen atoms in total. The zero-order valence-electron chi connectivity index (χ0n) is 25.3. The summed E-state index contributed by atoms with van der Waals surface area (Å²) in [5.41, 5.74) is 0.954. The lowest BCUT2D eigenvalue weighted by atomic mass is 9.77. The second kappa shape index (κ2) is 13.2. The van der Waals surface area contributed by atoms with Crippen LogP contribution in [0.4, 0.5) is 5.82 Å². The summed E-state index contributed by atoms with van der Waals surface area (Å²) in [5, 5.41) is 2.62. The maximum atomic E-state index is 13.2. The van der Waals surface area contributed by atoms with E-state index >= 15 is 0 Å². The lowest BCUT2D eigenvalue weighted by Gasteiger charge is -2.41. The zero-order chi connectivity index (χ0) is 33.3. The first-order valence-electron chi connectivity index (χ1n) is 15.1. The lowest BCUT2D eigenvalue weighted by Crippen LogP contribution is -2.40. The SMILES string of the molecule is O=C(Nc1ccn([C@H]2CC(OP(O)(O)=S)[C@@H](COC3(c4ccccc4)c4ccccc4Oc4ccccc43)O2)c(=O)n1)c1ccccc1. The molecule has 2 aliphatic heterocycles. The van der Waals surface area contributed by atoms with E-state index in [1.54, 1.807) is 30.3 Å². The molecule has 4 aromatic carbocycles. The van der Waals surface area contributed by atoms with Gasteiger partial charge in [-0.1, -0.05) is 84.9 Å². The number of amides is 1. The highest BCUT2D eigenvalue weighted by Crippen LogP contribution is 2.53. The summed E-state index contributed by atoms with van der Waals surface area (Å²) in [4.78, 5) is 50.1. The van der Waals surface area contributed by atoms with Crippen molar-refractivity contribution in [2.24, 2.45) is 0 Å². The van der Waals surface area contributed by atoms with Crippen LogP contribution < -0.4 is 15.7 Å². The largest absolute Gasteiger partial charge is 0.457 e. The summed E-state index contributed by atoms with van der Waals surface area (Å²) in [6.45, 7) is -4.24. The molecule has 1 unspecified atom stereocenters. The molecule has 1 amide bonds. The van der Waals surface area contributed by atoms with Gasteiger partial charge < -0.3 is 33.8 Å². The van der Waals surface area contributed by atoms with E-state index in [2.05, 4.69) is 10.3 Å². The van der Waals surface area contributed by atoms with Gasteiger partial charge in [-0.15, -0.1) is 0 Å². The number of hydrogen-bond acceptors (Lipinski definition) is 8. The molecule has 7 rings (SSSR count). The van der Waals surface area contributed by atoms with Gasteiger partial charge in [-0.2, -0.15) is 4.98 Å². The van der Waals surface area contributed by atoms with Crippen LogP contribution in [0.25, 0.3) is 0 Å². The number of anilines is 1. The molecular formula is C35H30N3O8PS. The van der Waals surface area contributed by atoms with Gasteiger partial charge >= 0.3 is 12.4 Å². The van der Waals surface area contributed by atoms with Gasteiger partial charge in [0, 0.05) is 29.3 Å². The van der Waals surface area contributed by atoms with Crippen molar-refractivity contribution in [3.05, 3.63) is 154 Å². The fraction of sp³-hybridized carbons (Fsp3) is 0.171. The first kappa shape index (κ1) is 32.0. The summed E-state index contributed by atoms with van der Waals surface area (Å²) >= 11 is 4.83. The summed E-state index contributed by atoms with van der Waals surface area (Å²) in [6, 6.07) is 35.0. The van der Waals surface area contributed by atoms with Gasteiger partial charge in [-0.05, 0) is 47.7 Å². The molecule has 0 saturated carbocycles. The first-order valence-corrected chi connectivity index (χ1v) is 17.8. The van der Waals surface area contributed by atoms with Crippen LogP contribution in [0.5, 0.6) is 11.5 Å². The van der Waals surface area contributed by atoms with Gasteiger partial charge in [-0.25, -0.2) is 4.79 Å². The number of para-hydroxylation sites is 2. The minimum absolute atomic E-state index is 0.0411. The van der Waals surface area contributed by atoms with E-state index in [4.69, 9.17) is 30.5 Å². The molecular weight excluding hydrogens is 653 g/mol. The Hall–Kier alpha value is -4.52. The summed E-state index contributed by atoms with van der Waals surface area (Å²) in [5.74, 6) is 0.898. The maximum absolute atomic E-state index is 13.2. The standard InChI is InChI=1S/C35H30N3O8PS/c39-33(23-11-3-1-4-12-23)36-31-19-20-38(34(40)37-31)32-21-29(46-47(41,42)48)30(45-32)22-43-35(24-13-5-2-6-14-24)25-15-7-9-17-27(25)44-28-18-10-8-16-26(28)35/h1-20,29-30,32H,21-22H2,(H2,41,42,48)(H,36,37,39,40)/t29?,30-,32-/m1/s1. The predicted molar refractivity (Wildman–Crippen MR) is 180 cm³/mol. The average molecular weight is 684 g/mol. The van der Waals surface area contributed by atoms with Gasteiger partial charge in [0.15, 0.2) is 5.60 Å². The number of aromatic nitrogens is 2. The molecule has 3 N–H and O–H groups in total. The number of nitrogens with zero attached hydrogens (tertiary/aromatic N) is 2. The number of ether oxygens (including phenoxy) is 3. The third-order valence-electron chi connectivity index (χ3n) is 8.27. The Bertz CT molecular complexity index is 2010. The Balaban J connectivity index is 1.20. The van der Waals surface area contributed by atoms with Crippen molar-refractivity contribution in [3.63, 3.8) is 0 Å². The first-order chi connectivity index (χ1) is 23.2. The number of carbonyl (C=O) groups excluding carboxylic acids is 1. The number of fused-ring (bicyclic) bond motifs is 2. The molecule has 3 heterocycles. The lowest BCUT2D eigenvalue weighted by molar-refractivity contribution is -0.0941. The Morgan fingerprint density at radius 1 is 0.917 bits per heavy atom. The van der Waals surface area contributed by atoms with E-state index in [0.717, 1.165) is 16.7 Å². The fourth-order valence-electron chi connectivity index (χ4n) is 6.17. The summed E-state index contributed by atoms with van der Waals surface area (Å²) < 4.78 is 26.4. The number of benzene rings is 4. The van der Waals surface area contributed by atoms with Crippen LogP contribution >= 0.6 is 6.72 Å². The van der Waals surface area contributed by atoms with Crippen LogP contribution in [0.3, 0.4) is 0 Å². The monoisotopic (exact) mass is 683 g/mol. The van der Waals surface area contributed by atoms with E-state index in [1.165, 1.54) is 16.8 Å². The van der Waals surface area contributed by atoms with Crippen molar-refractivity contribution < 1.29 is 33.3 Å². The fourth-order valence-corrected chi connectivity index (χ4v) is 7.08. The van der Waals surface area contributed by atoms with Crippen LogP contribution in [0.15, 0.2) is 126 Å². The number of nitrogens with one attached hydrogen (secondary N) is 1. The molecule has 48 heavy (non-hydrogen) atoms. The smallest absolute Gasteiger partial charge is 0.351 e. The minimum atomic E-state index is -4.15. The zero-order valence-corrected chi connectivity index (χ0v) is 27.0. The molecule has 0 bridgehead atoms. The number of carbonyl (C=O) groups is 1. The predicted octanol–water partition coefficient (Wildman–Crippen LogP) is 5.49. The van der Waals surface area contributed by atoms with Crippen LogP contribution in [-0.2, 0) is 31.4 Å². The third kappa shape index (κ3) is 6.35. The minimum Gasteiger partial charge on any atom is -0.457 e. The quantitative estimate of drug-likeness (QED) is 0.171. The van der Waals surface area contributed by atoms with Crippen LogP contribution in [0, 0.1) is 0 Å². The third-order valence-corrected chi connectivity index (χ3v) is 9.07. The van der Waals surface area contributed by atoms with Gasteiger partial charge in [0.25, 0.3) is 5.91 Å². The number of rotatable bonds is 9. The molecule has 1 aromatic heterocycles. The van der Waals surface area contributed by atoms with Crippen molar-refractivity contribution in [3.8, 4) is 11.5 Å². The second-order valence-electron chi connectivity index (χ2n) is 11.3. The van der Waals surface area contributed by atoms with Crippen molar-refractivity contribution >= 4 is 30.3 Å². The Morgan fingerprint density at radius 2 is 1.52 bits per heavy atom. The summed E-state index contributed by atoms with van der Waals surface area (Å²) in [6.07, 6.45) is -1.25. The highest BCUT2D eigenvalue weighted by molar-refractivity contribution is 8.06. The van der Waals surface area contributed by atoms with Gasteiger partial charge in [-0.3, -0.25) is 9.36 Å². The Morgan fingerprint density at radius 3 is 2.15 bits per heavy atom. The van der Waals surface area contributed by atoms with E-state index in [-0.39, 0.29) is 18.8 Å². The van der Waals surface area contributed by atoms with Crippen molar-refractivity contribution in [1.82, 2.24) is 9.55 Å². The van der Waals surface area contributed by atoms with Crippen LogP contribution in [-0.4, -0.2) is 44.1 Å². The van der Waals surface area contributed by atoms with E-state index in [0.29, 0.717) is 17.1 Å². The van der Waals surface area contributed by atoms with E-state index in [9.17, 15) is 19.4 Å². The maximum Gasteiger partial charge on any atom is 0.351 e. The molecule has 0 radical (unpaired) electrons. The molecule has 13 heteroatoms. The molecule has 2 aliphatic rings. The van der Waals surface area contributed by atoms with Crippen LogP contribution in [0.2, 0.25) is 0 Å². The van der Waals surface area contributed by atoms with E-state index < -0.39 is 42.4 Å². The van der Waals surface area contributed by atoms with Gasteiger partial charge in [0.1, 0.15) is 29.6 Å². The highest BCUT2D eigenvalue weighted by Gasteiger charge is 2.47. The molecule has 3 atom stereocenters. The van der Waals surface area contributed by atoms with Gasteiger partial charge in [0.2, 0.25) is 0 Å². The van der Waals surface area contributed by atoms with Crippen molar-refractivity contribution in [1.29, 1.82) is 0 Å². The van der Waals surface area contributed by atoms with Crippen molar-refractivity contribution in [2.45, 2.75) is 30.5 Å². The molecule has 1 fully saturated rings. The second-order valence-corrected chi connectivity index (χ2v) is 13.9.